The summed E-state index contributed by atoms with van der Waals surface area (Å²) >= 11 is 0. The Morgan fingerprint density at radius 3 is 2.48 bits per heavy atom. The molecule has 0 aromatic rings. The zero-order chi connectivity index (χ0) is 16.7. The average molecular weight is 320 g/mol. The second-order valence-corrected chi connectivity index (χ2v) is 8.00. The summed E-state index contributed by atoms with van der Waals surface area (Å²) in [4.78, 5) is 12.2. The fourth-order valence-corrected chi connectivity index (χ4v) is 3.40. The number of nitrogens with one attached hydrogen (secondary N) is 2. The number of carbonyl (C=O) groups is 1. The van der Waals surface area contributed by atoms with Crippen molar-refractivity contribution in [3.8, 4) is 0 Å². The lowest BCUT2D eigenvalue weighted by Gasteiger charge is -2.32. The van der Waals surface area contributed by atoms with Gasteiger partial charge in [-0.05, 0) is 71.8 Å². The predicted molar refractivity (Wildman–Crippen MR) is 91.0 cm³/mol. The quantitative estimate of drug-likeness (QED) is 0.781. The first kappa shape index (κ1) is 17.0. The van der Waals surface area contributed by atoms with Crippen LogP contribution in [0.1, 0.15) is 59.8 Å². The largest absolute Gasteiger partial charge is 0.490 e. The number of allylic oxidation sites excluding steroid dienone is 1. The molecular formula is C17H29BN2O3. The second kappa shape index (κ2) is 6.23. The van der Waals surface area contributed by atoms with Gasteiger partial charge in [0.2, 0.25) is 5.91 Å². The Hall–Kier alpha value is -0.845. The summed E-state index contributed by atoms with van der Waals surface area (Å²) < 4.78 is 12.2. The van der Waals surface area contributed by atoms with Crippen LogP contribution >= 0.6 is 0 Å². The van der Waals surface area contributed by atoms with Gasteiger partial charge in [-0.2, -0.15) is 0 Å². The molecule has 3 aliphatic rings. The molecule has 1 unspecified atom stereocenters. The van der Waals surface area contributed by atoms with Crippen LogP contribution in [0, 0.1) is 0 Å². The van der Waals surface area contributed by atoms with E-state index < -0.39 is 0 Å². The van der Waals surface area contributed by atoms with E-state index in [4.69, 9.17) is 9.31 Å². The van der Waals surface area contributed by atoms with Crippen LogP contribution in [0.15, 0.2) is 11.5 Å². The van der Waals surface area contributed by atoms with E-state index in [1.54, 1.807) is 0 Å². The first-order valence-electron chi connectivity index (χ1n) is 8.87. The summed E-state index contributed by atoms with van der Waals surface area (Å²) in [6.07, 6.45) is 6.97. The highest BCUT2D eigenvalue weighted by atomic mass is 16.7. The van der Waals surface area contributed by atoms with Gasteiger partial charge in [-0.15, -0.1) is 0 Å². The van der Waals surface area contributed by atoms with E-state index in [9.17, 15) is 4.79 Å². The topological polar surface area (TPSA) is 59.6 Å². The van der Waals surface area contributed by atoms with Gasteiger partial charge in [0.1, 0.15) is 0 Å². The smallest absolute Gasteiger partial charge is 0.400 e. The highest BCUT2D eigenvalue weighted by molar-refractivity contribution is 6.54. The van der Waals surface area contributed by atoms with Gasteiger partial charge in [-0.3, -0.25) is 4.79 Å². The Morgan fingerprint density at radius 1 is 1.26 bits per heavy atom. The highest BCUT2D eigenvalue weighted by Gasteiger charge is 2.52. The third kappa shape index (κ3) is 3.49. The third-order valence-corrected chi connectivity index (χ3v) is 5.73. The van der Waals surface area contributed by atoms with Gasteiger partial charge in [0.05, 0.1) is 17.2 Å². The summed E-state index contributed by atoms with van der Waals surface area (Å²) in [6, 6.07) is 0.236. The van der Waals surface area contributed by atoms with E-state index in [1.807, 2.05) is 0 Å². The number of hydrogen-bond acceptors (Lipinski definition) is 4. The van der Waals surface area contributed by atoms with Crippen LogP contribution in [-0.2, 0) is 14.1 Å². The van der Waals surface area contributed by atoms with E-state index in [0.717, 1.165) is 38.6 Å². The first-order valence-corrected chi connectivity index (χ1v) is 8.87. The van der Waals surface area contributed by atoms with E-state index in [1.165, 1.54) is 5.47 Å². The molecule has 2 saturated heterocycles. The van der Waals surface area contributed by atoms with Crippen molar-refractivity contribution in [3.63, 3.8) is 0 Å². The summed E-state index contributed by atoms with van der Waals surface area (Å²) in [5.74, 6) is 0.153. The molecule has 3 rings (SSSR count). The van der Waals surface area contributed by atoms with Crippen LogP contribution in [0.3, 0.4) is 0 Å². The maximum atomic E-state index is 12.2. The third-order valence-electron chi connectivity index (χ3n) is 5.73. The van der Waals surface area contributed by atoms with Gasteiger partial charge in [0.15, 0.2) is 0 Å². The van der Waals surface area contributed by atoms with Gasteiger partial charge < -0.3 is 19.9 Å². The van der Waals surface area contributed by atoms with Crippen molar-refractivity contribution >= 4 is 13.0 Å². The van der Waals surface area contributed by atoms with Crippen molar-refractivity contribution < 1.29 is 14.1 Å². The van der Waals surface area contributed by atoms with Crippen LogP contribution in [0.2, 0.25) is 0 Å². The van der Waals surface area contributed by atoms with Crippen molar-refractivity contribution in [2.45, 2.75) is 83.1 Å². The molecule has 1 amide bonds. The Labute approximate surface area is 139 Å². The SMILES string of the molecule is CC1(C)OB(C2=CCC(NC(=O)[C@H]3CCCN3)CC2)OC1(C)C. The molecule has 0 spiro atoms. The molecule has 0 saturated carbocycles. The fourth-order valence-electron chi connectivity index (χ4n) is 3.40. The minimum Gasteiger partial charge on any atom is -0.400 e. The van der Waals surface area contributed by atoms with Gasteiger partial charge in [0.25, 0.3) is 0 Å². The first-order chi connectivity index (χ1) is 10.8. The molecule has 2 aliphatic heterocycles. The average Bonchev–Trinajstić information content (AvgIpc) is 3.07. The van der Waals surface area contributed by atoms with Crippen molar-refractivity contribution in [1.82, 2.24) is 10.6 Å². The molecule has 0 aromatic heterocycles. The molecule has 2 heterocycles. The Balaban J connectivity index is 1.54. The zero-order valence-corrected chi connectivity index (χ0v) is 14.8. The summed E-state index contributed by atoms with van der Waals surface area (Å²) in [5.41, 5.74) is 0.628. The van der Waals surface area contributed by atoms with E-state index in [2.05, 4.69) is 44.4 Å². The number of hydrogen-bond donors (Lipinski definition) is 2. The standard InChI is InChI=1S/C17H29BN2O3/c1-16(2)17(3,4)23-18(22-16)12-7-9-13(10-8-12)20-15(21)14-6-5-11-19-14/h7,13-14,19H,5-6,8-11H2,1-4H3,(H,20,21)/t13?,14-/m1/s1. The van der Waals surface area contributed by atoms with E-state index >= 15 is 0 Å². The Kier molecular flexibility index (Phi) is 4.60. The normalized spacial score (nSPS) is 32.7. The minimum absolute atomic E-state index is 0.00322. The highest BCUT2D eigenvalue weighted by Crippen LogP contribution is 2.40. The fraction of sp³-hybridized carbons (Fsp3) is 0.824. The Morgan fingerprint density at radius 2 is 1.96 bits per heavy atom. The molecule has 2 fully saturated rings. The van der Waals surface area contributed by atoms with Crippen LogP contribution in [0.5, 0.6) is 0 Å². The molecule has 2 N–H and O–H groups in total. The van der Waals surface area contributed by atoms with Crippen molar-refractivity contribution in [3.05, 3.63) is 11.5 Å². The lowest BCUT2D eigenvalue weighted by molar-refractivity contribution is -0.123. The maximum Gasteiger partial charge on any atom is 0.490 e. The molecule has 0 bridgehead atoms. The maximum absolute atomic E-state index is 12.2. The van der Waals surface area contributed by atoms with E-state index in [0.29, 0.717) is 0 Å². The minimum atomic E-state index is -0.294. The molecule has 1 aliphatic carbocycles. The lowest BCUT2D eigenvalue weighted by atomic mass is 9.72. The van der Waals surface area contributed by atoms with Gasteiger partial charge in [0, 0.05) is 6.04 Å². The molecule has 6 heteroatoms. The summed E-state index contributed by atoms with van der Waals surface area (Å²) in [5, 5.41) is 6.43. The zero-order valence-electron chi connectivity index (χ0n) is 14.8. The molecule has 0 aromatic carbocycles. The van der Waals surface area contributed by atoms with Crippen LogP contribution < -0.4 is 10.6 Å². The molecular weight excluding hydrogens is 291 g/mol. The van der Waals surface area contributed by atoms with Gasteiger partial charge in [-0.1, -0.05) is 6.08 Å². The van der Waals surface area contributed by atoms with Crippen molar-refractivity contribution in [2.24, 2.45) is 0 Å². The number of rotatable bonds is 3. The molecule has 5 nitrogen and oxygen atoms in total. The lowest BCUT2D eigenvalue weighted by Crippen LogP contribution is -2.45. The monoisotopic (exact) mass is 320 g/mol. The van der Waals surface area contributed by atoms with Crippen LogP contribution in [-0.4, -0.2) is 42.9 Å². The predicted octanol–water partition coefficient (Wildman–Crippen LogP) is 1.96. The number of amides is 1. The second-order valence-electron chi connectivity index (χ2n) is 8.00. The molecule has 0 radical (unpaired) electrons. The molecule has 128 valence electrons. The Bertz CT molecular complexity index is 482. The van der Waals surface area contributed by atoms with Crippen LogP contribution in [0.4, 0.5) is 0 Å². The molecule has 23 heavy (non-hydrogen) atoms. The van der Waals surface area contributed by atoms with E-state index in [-0.39, 0.29) is 36.3 Å². The number of carbonyl (C=O) groups excluding carboxylic acids is 1. The van der Waals surface area contributed by atoms with Gasteiger partial charge in [-0.25, -0.2) is 0 Å². The van der Waals surface area contributed by atoms with Crippen molar-refractivity contribution in [2.75, 3.05) is 6.54 Å². The van der Waals surface area contributed by atoms with Crippen LogP contribution in [0.25, 0.3) is 0 Å². The summed E-state index contributed by atoms with van der Waals surface area (Å²) in [7, 11) is -0.242. The van der Waals surface area contributed by atoms with Crippen molar-refractivity contribution in [1.29, 1.82) is 0 Å². The van der Waals surface area contributed by atoms with Gasteiger partial charge >= 0.3 is 7.12 Å². The summed E-state index contributed by atoms with van der Waals surface area (Å²) in [6.45, 7) is 9.26. The molecule has 2 atom stereocenters.